The molecule has 26 heavy (non-hydrogen) atoms. The van der Waals surface area contributed by atoms with E-state index in [1.165, 1.54) is 24.3 Å². The van der Waals surface area contributed by atoms with Crippen molar-refractivity contribution in [2.24, 2.45) is 5.92 Å². The lowest BCUT2D eigenvalue weighted by atomic mass is 10.1. The van der Waals surface area contributed by atoms with E-state index in [-0.39, 0.29) is 28.7 Å². The van der Waals surface area contributed by atoms with Crippen LogP contribution in [0.15, 0.2) is 29.2 Å². The molecule has 1 unspecified atom stereocenters. The summed E-state index contributed by atoms with van der Waals surface area (Å²) in [6, 6.07) is 5.02. The number of nitrogens with one attached hydrogen (secondary N) is 2. The van der Waals surface area contributed by atoms with Crippen LogP contribution in [0.5, 0.6) is 0 Å². The Kier molecular flexibility index (Phi) is 6.81. The normalized spacial score (nSPS) is 19.6. The van der Waals surface area contributed by atoms with Crippen LogP contribution in [0.4, 0.5) is 0 Å². The second-order valence-corrected chi connectivity index (χ2v) is 11.0. The Bertz CT molecular complexity index is 830. The van der Waals surface area contributed by atoms with E-state index in [4.69, 9.17) is 0 Å². The van der Waals surface area contributed by atoms with Crippen LogP contribution in [-0.4, -0.2) is 46.8 Å². The fraction of sp³-hybridized carbons (Fsp3) is 0.588. The second-order valence-electron chi connectivity index (χ2n) is 7.04. The summed E-state index contributed by atoms with van der Waals surface area (Å²) in [7, 11) is -6.98. The lowest BCUT2D eigenvalue weighted by Crippen LogP contribution is -2.35. The first kappa shape index (κ1) is 20.9. The molecule has 9 heteroatoms. The van der Waals surface area contributed by atoms with Crippen molar-refractivity contribution in [2.45, 2.75) is 44.0 Å². The van der Waals surface area contributed by atoms with Gasteiger partial charge >= 0.3 is 0 Å². The molecule has 1 amide bonds. The van der Waals surface area contributed by atoms with Crippen LogP contribution >= 0.6 is 0 Å². The van der Waals surface area contributed by atoms with Crippen LogP contribution in [0.2, 0.25) is 0 Å². The molecule has 1 fully saturated rings. The molecule has 7 nitrogen and oxygen atoms in total. The van der Waals surface area contributed by atoms with Gasteiger partial charge in [-0.05, 0) is 49.4 Å². The summed E-state index contributed by atoms with van der Waals surface area (Å²) in [5, 5.41) is 2.81. The van der Waals surface area contributed by atoms with Crippen LogP contribution in [0.3, 0.4) is 0 Å². The van der Waals surface area contributed by atoms with Crippen LogP contribution < -0.4 is 10.0 Å². The monoisotopic (exact) mass is 402 g/mol. The average Bonchev–Trinajstić information content (AvgIpc) is 2.89. The molecule has 1 atom stereocenters. The molecule has 0 bridgehead atoms. The predicted octanol–water partition coefficient (Wildman–Crippen LogP) is 1.32. The van der Waals surface area contributed by atoms with E-state index in [0.29, 0.717) is 18.0 Å². The van der Waals surface area contributed by atoms with Crippen molar-refractivity contribution in [3.63, 3.8) is 0 Å². The van der Waals surface area contributed by atoms with Crippen molar-refractivity contribution < 1.29 is 21.6 Å². The van der Waals surface area contributed by atoms with E-state index in [2.05, 4.69) is 23.9 Å². The Morgan fingerprint density at radius 3 is 2.42 bits per heavy atom. The molecule has 1 heterocycles. The minimum Gasteiger partial charge on any atom is -0.352 e. The van der Waals surface area contributed by atoms with Crippen molar-refractivity contribution in [1.82, 2.24) is 10.0 Å². The van der Waals surface area contributed by atoms with E-state index in [0.717, 1.165) is 12.8 Å². The van der Waals surface area contributed by atoms with Gasteiger partial charge in [0.1, 0.15) is 0 Å². The number of sulfone groups is 1. The van der Waals surface area contributed by atoms with Crippen LogP contribution in [0.25, 0.3) is 0 Å². The summed E-state index contributed by atoms with van der Waals surface area (Å²) >= 11 is 0. The summed E-state index contributed by atoms with van der Waals surface area (Å²) in [4.78, 5) is 12.1. The highest BCUT2D eigenvalue weighted by atomic mass is 32.2. The highest BCUT2D eigenvalue weighted by molar-refractivity contribution is 7.92. The fourth-order valence-corrected chi connectivity index (χ4v) is 5.82. The Balaban J connectivity index is 1.94. The van der Waals surface area contributed by atoms with E-state index in [1.807, 2.05) is 0 Å². The minimum atomic E-state index is -3.81. The molecule has 1 aliphatic rings. The number of carbonyl (C=O) groups excluding carboxylic acids is 1. The van der Waals surface area contributed by atoms with Gasteiger partial charge in [0.2, 0.25) is 10.0 Å². The minimum absolute atomic E-state index is 0.00386. The van der Waals surface area contributed by atoms with Gasteiger partial charge in [0.15, 0.2) is 9.84 Å². The largest absolute Gasteiger partial charge is 0.352 e. The number of hydrogen-bond donors (Lipinski definition) is 2. The quantitative estimate of drug-likeness (QED) is 0.637. The van der Waals surface area contributed by atoms with Crippen LogP contribution in [0.1, 0.15) is 43.5 Å². The van der Waals surface area contributed by atoms with Gasteiger partial charge in [0.25, 0.3) is 5.91 Å². The Morgan fingerprint density at radius 1 is 1.23 bits per heavy atom. The van der Waals surface area contributed by atoms with Gasteiger partial charge in [0.05, 0.1) is 16.4 Å². The molecule has 146 valence electrons. The number of benzene rings is 1. The molecular formula is C17H26N2O5S2. The standard InChI is InChI=1S/C17H26N2O5S2/c1-13(2)4-3-10-18-17(20)14-5-7-16(8-6-14)26(23,24)19-15-9-11-25(21,22)12-15/h5-8,13,15,19H,3-4,9-12H2,1-2H3,(H,18,20). The average molecular weight is 403 g/mol. The van der Waals surface area contributed by atoms with Gasteiger partial charge < -0.3 is 5.32 Å². The van der Waals surface area contributed by atoms with E-state index >= 15 is 0 Å². The molecule has 0 radical (unpaired) electrons. The zero-order valence-electron chi connectivity index (χ0n) is 15.1. The highest BCUT2D eigenvalue weighted by Crippen LogP contribution is 2.16. The van der Waals surface area contributed by atoms with Crippen molar-refractivity contribution >= 4 is 25.8 Å². The number of rotatable bonds is 8. The summed E-state index contributed by atoms with van der Waals surface area (Å²) in [6.45, 7) is 4.82. The third-order valence-corrected chi connectivity index (χ3v) is 7.53. The number of carbonyl (C=O) groups is 1. The summed E-state index contributed by atoms with van der Waals surface area (Å²) in [6.07, 6.45) is 2.20. The van der Waals surface area contributed by atoms with Crippen molar-refractivity contribution in [3.8, 4) is 0 Å². The Hall–Kier alpha value is -1.45. The zero-order valence-corrected chi connectivity index (χ0v) is 16.7. The third kappa shape index (κ3) is 6.07. The molecule has 1 aromatic carbocycles. The topological polar surface area (TPSA) is 109 Å². The molecule has 0 aliphatic carbocycles. The van der Waals surface area contributed by atoms with Crippen molar-refractivity contribution in [1.29, 1.82) is 0 Å². The summed E-state index contributed by atoms with van der Waals surface area (Å²) < 4.78 is 50.0. The first-order valence-electron chi connectivity index (χ1n) is 8.70. The fourth-order valence-electron chi connectivity index (χ4n) is 2.78. The molecule has 1 aliphatic heterocycles. The van der Waals surface area contributed by atoms with E-state index in [1.54, 1.807) is 0 Å². The maximum absolute atomic E-state index is 12.3. The SMILES string of the molecule is CC(C)CCCNC(=O)c1ccc(S(=O)(=O)NC2CCS(=O)(=O)C2)cc1. The smallest absolute Gasteiger partial charge is 0.251 e. The first-order chi connectivity index (χ1) is 12.1. The number of amides is 1. The Labute approximate surface area is 155 Å². The zero-order chi connectivity index (χ0) is 19.4. The maximum Gasteiger partial charge on any atom is 0.251 e. The molecule has 1 saturated heterocycles. The maximum atomic E-state index is 12.3. The molecule has 0 aromatic heterocycles. The van der Waals surface area contributed by atoms with Crippen molar-refractivity contribution in [3.05, 3.63) is 29.8 Å². The second kappa shape index (κ2) is 8.49. The third-order valence-electron chi connectivity index (χ3n) is 4.22. The van der Waals surface area contributed by atoms with Crippen molar-refractivity contribution in [2.75, 3.05) is 18.1 Å². The van der Waals surface area contributed by atoms with Gasteiger partial charge in [0, 0.05) is 18.2 Å². The molecule has 1 aromatic rings. The number of sulfonamides is 1. The molecule has 2 rings (SSSR count). The first-order valence-corrected chi connectivity index (χ1v) is 12.0. The molecule has 2 N–H and O–H groups in total. The van der Waals surface area contributed by atoms with E-state index < -0.39 is 25.9 Å². The summed E-state index contributed by atoms with van der Waals surface area (Å²) in [5.41, 5.74) is 0.386. The van der Waals surface area contributed by atoms with Gasteiger partial charge in [-0.25, -0.2) is 21.6 Å². The van der Waals surface area contributed by atoms with Gasteiger partial charge in [-0.15, -0.1) is 0 Å². The molecular weight excluding hydrogens is 376 g/mol. The predicted molar refractivity (Wildman–Crippen MR) is 100 cm³/mol. The van der Waals surface area contributed by atoms with Gasteiger partial charge in [-0.3, -0.25) is 4.79 Å². The van der Waals surface area contributed by atoms with Gasteiger partial charge in [-0.2, -0.15) is 0 Å². The number of hydrogen-bond acceptors (Lipinski definition) is 5. The Morgan fingerprint density at radius 2 is 1.88 bits per heavy atom. The van der Waals surface area contributed by atoms with E-state index in [9.17, 15) is 21.6 Å². The highest BCUT2D eigenvalue weighted by Gasteiger charge is 2.31. The molecule has 0 saturated carbocycles. The lowest BCUT2D eigenvalue weighted by Gasteiger charge is -2.12. The lowest BCUT2D eigenvalue weighted by molar-refractivity contribution is 0.0952. The van der Waals surface area contributed by atoms with Crippen LogP contribution in [-0.2, 0) is 19.9 Å². The van der Waals surface area contributed by atoms with Crippen LogP contribution in [0, 0.1) is 5.92 Å². The molecule has 0 spiro atoms. The summed E-state index contributed by atoms with van der Waals surface area (Å²) in [5.74, 6) is 0.158. The van der Waals surface area contributed by atoms with Gasteiger partial charge in [-0.1, -0.05) is 13.8 Å².